The van der Waals surface area contributed by atoms with Gasteiger partial charge in [-0.05, 0) is 17.5 Å². The Labute approximate surface area is 133 Å². The van der Waals surface area contributed by atoms with Crippen molar-refractivity contribution in [2.75, 3.05) is 45.3 Å². The quantitative estimate of drug-likeness (QED) is 0.859. The summed E-state index contributed by atoms with van der Waals surface area (Å²) >= 11 is 0. The summed E-state index contributed by atoms with van der Waals surface area (Å²) in [6.07, 6.45) is 1.97. The van der Waals surface area contributed by atoms with E-state index < -0.39 is 0 Å². The Bertz CT molecular complexity index is 405. The molecule has 0 aliphatic carbocycles. The number of aromatic nitrogens is 1. The molecular formula is C15H27ClN4O. The van der Waals surface area contributed by atoms with Crippen molar-refractivity contribution in [3.05, 3.63) is 23.9 Å². The maximum atomic E-state index is 6.06. The number of rotatable bonds is 6. The molecule has 5 nitrogen and oxygen atoms in total. The highest BCUT2D eigenvalue weighted by Crippen LogP contribution is 2.18. The summed E-state index contributed by atoms with van der Waals surface area (Å²) in [6.45, 7) is 6.78. The van der Waals surface area contributed by atoms with Crippen molar-refractivity contribution >= 4 is 18.2 Å². The van der Waals surface area contributed by atoms with Crippen molar-refractivity contribution < 1.29 is 4.74 Å². The lowest BCUT2D eigenvalue weighted by Crippen LogP contribution is -2.28. The average molecular weight is 315 g/mol. The Hall–Kier alpha value is -0.880. The molecule has 21 heavy (non-hydrogen) atoms. The minimum Gasteiger partial charge on any atom is -0.383 e. The fourth-order valence-corrected chi connectivity index (χ4v) is 2.56. The standard InChI is InChI=1S/C15H26N4O.ClH/c1-12-9-19(11-14(12)16)10-13-4-5-15(17-8-13)18(2)6-7-20-3;/h4-5,8,12,14H,6-7,9-11,16H2,1-3H3;1H. The fourth-order valence-electron chi connectivity index (χ4n) is 2.56. The van der Waals surface area contributed by atoms with Crippen LogP contribution in [-0.4, -0.2) is 56.3 Å². The van der Waals surface area contributed by atoms with E-state index in [1.165, 1.54) is 5.56 Å². The van der Waals surface area contributed by atoms with Crippen LogP contribution in [0.3, 0.4) is 0 Å². The second kappa shape index (κ2) is 8.54. The van der Waals surface area contributed by atoms with Gasteiger partial charge in [0.1, 0.15) is 5.82 Å². The molecule has 0 radical (unpaired) electrons. The second-order valence-corrected chi connectivity index (χ2v) is 5.77. The number of likely N-dealkylation sites (N-methyl/N-ethyl adjacent to an activating group) is 1. The molecule has 1 aromatic heterocycles. The zero-order chi connectivity index (χ0) is 14.5. The third-order valence-corrected chi connectivity index (χ3v) is 3.98. The molecule has 2 unspecified atom stereocenters. The monoisotopic (exact) mass is 314 g/mol. The van der Waals surface area contributed by atoms with Gasteiger partial charge in [-0.1, -0.05) is 13.0 Å². The summed E-state index contributed by atoms with van der Waals surface area (Å²) < 4.78 is 5.08. The Morgan fingerprint density at radius 1 is 1.43 bits per heavy atom. The third-order valence-electron chi connectivity index (χ3n) is 3.98. The molecule has 0 saturated carbocycles. The Morgan fingerprint density at radius 2 is 2.19 bits per heavy atom. The summed E-state index contributed by atoms with van der Waals surface area (Å²) in [5.74, 6) is 1.57. The van der Waals surface area contributed by atoms with Crippen molar-refractivity contribution in [1.82, 2.24) is 9.88 Å². The summed E-state index contributed by atoms with van der Waals surface area (Å²) in [5.41, 5.74) is 7.30. The second-order valence-electron chi connectivity index (χ2n) is 5.77. The topological polar surface area (TPSA) is 54.6 Å². The maximum Gasteiger partial charge on any atom is 0.128 e. The summed E-state index contributed by atoms with van der Waals surface area (Å²) in [4.78, 5) is 9.03. The van der Waals surface area contributed by atoms with Crippen LogP contribution in [0.1, 0.15) is 12.5 Å². The average Bonchev–Trinajstić information content (AvgIpc) is 2.75. The van der Waals surface area contributed by atoms with Crippen LogP contribution in [0, 0.1) is 5.92 Å². The van der Waals surface area contributed by atoms with Gasteiger partial charge in [-0.2, -0.15) is 0 Å². The van der Waals surface area contributed by atoms with E-state index in [-0.39, 0.29) is 12.4 Å². The highest BCUT2D eigenvalue weighted by Gasteiger charge is 2.26. The van der Waals surface area contributed by atoms with Gasteiger partial charge in [0, 0.05) is 52.6 Å². The van der Waals surface area contributed by atoms with Crippen molar-refractivity contribution in [3.8, 4) is 0 Å². The van der Waals surface area contributed by atoms with Crippen LogP contribution in [0.4, 0.5) is 5.82 Å². The minimum absolute atomic E-state index is 0. The van der Waals surface area contributed by atoms with E-state index >= 15 is 0 Å². The van der Waals surface area contributed by atoms with Crippen LogP contribution in [0.25, 0.3) is 0 Å². The van der Waals surface area contributed by atoms with Crippen LogP contribution in [0.15, 0.2) is 18.3 Å². The van der Waals surface area contributed by atoms with Gasteiger partial charge in [0.05, 0.1) is 6.61 Å². The number of halogens is 1. The smallest absolute Gasteiger partial charge is 0.128 e. The molecule has 0 amide bonds. The van der Waals surface area contributed by atoms with Crippen LogP contribution < -0.4 is 10.6 Å². The van der Waals surface area contributed by atoms with Gasteiger partial charge >= 0.3 is 0 Å². The van der Waals surface area contributed by atoms with Gasteiger partial charge in [-0.15, -0.1) is 12.4 Å². The highest BCUT2D eigenvalue weighted by molar-refractivity contribution is 5.85. The number of ether oxygens (including phenoxy) is 1. The molecule has 6 heteroatoms. The van der Waals surface area contributed by atoms with Gasteiger partial charge < -0.3 is 15.4 Å². The van der Waals surface area contributed by atoms with Crippen LogP contribution in [-0.2, 0) is 11.3 Å². The van der Waals surface area contributed by atoms with E-state index in [9.17, 15) is 0 Å². The molecular weight excluding hydrogens is 288 g/mol. The fraction of sp³-hybridized carbons (Fsp3) is 0.667. The molecule has 2 atom stereocenters. The molecule has 1 fully saturated rings. The first-order valence-corrected chi connectivity index (χ1v) is 7.23. The zero-order valence-corrected chi connectivity index (χ0v) is 14.0. The number of pyridine rings is 1. The largest absolute Gasteiger partial charge is 0.383 e. The number of methoxy groups -OCH3 is 1. The first-order chi connectivity index (χ1) is 9.60. The van der Waals surface area contributed by atoms with Crippen molar-refractivity contribution in [2.24, 2.45) is 11.7 Å². The first-order valence-electron chi connectivity index (χ1n) is 7.23. The number of hydrogen-bond acceptors (Lipinski definition) is 5. The van der Waals surface area contributed by atoms with E-state index in [0.717, 1.165) is 32.0 Å². The number of anilines is 1. The molecule has 2 N–H and O–H groups in total. The van der Waals surface area contributed by atoms with E-state index in [1.54, 1.807) is 7.11 Å². The molecule has 2 heterocycles. The van der Waals surface area contributed by atoms with Crippen molar-refractivity contribution in [3.63, 3.8) is 0 Å². The summed E-state index contributed by atoms with van der Waals surface area (Å²) in [5, 5.41) is 0. The maximum absolute atomic E-state index is 6.06. The van der Waals surface area contributed by atoms with Gasteiger partial charge in [0.25, 0.3) is 0 Å². The normalized spacial score (nSPS) is 22.1. The van der Waals surface area contributed by atoms with Gasteiger partial charge in [-0.25, -0.2) is 4.98 Å². The number of nitrogens with two attached hydrogens (primary N) is 1. The van der Waals surface area contributed by atoms with Crippen LogP contribution in [0.2, 0.25) is 0 Å². The van der Waals surface area contributed by atoms with E-state index in [1.807, 2.05) is 13.2 Å². The lowest BCUT2D eigenvalue weighted by molar-refractivity contribution is 0.206. The predicted molar refractivity (Wildman–Crippen MR) is 89.0 cm³/mol. The predicted octanol–water partition coefficient (Wildman–Crippen LogP) is 1.36. The van der Waals surface area contributed by atoms with Crippen LogP contribution >= 0.6 is 12.4 Å². The number of nitrogens with zero attached hydrogens (tertiary/aromatic N) is 3. The Morgan fingerprint density at radius 3 is 2.71 bits per heavy atom. The van der Waals surface area contributed by atoms with Gasteiger partial charge in [-0.3, -0.25) is 4.90 Å². The lowest BCUT2D eigenvalue weighted by Gasteiger charge is -2.19. The van der Waals surface area contributed by atoms with E-state index in [4.69, 9.17) is 10.5 Å². The minimum atomic E-state index is 0. The SMILES string of the molecule is COCCN(C)c1ccc(CN2CC(C)C(N)C2)cn1.Cl. The molecule has 1 aliphatic heterocycles. The summed E-state index contributed by atoms with van der Waals surface area (Å²) in [6, 6.07) is 4.53. The molecule has 1 aliphatic rings. The molecule has 2 rings (SSSR count). The first kappa shape index (κ1) is 18.2. The number of hydrogen-bond donors (Lipinski definition) is 1. The van der Waals surface area contributed by atoms with Gasteiger partial charge in [0.2, 0.25) is 0 Å². The van der Waals surface area contributed by atoms with Crippen molar-refractivity contribution in [1.29, 1.82) is 0 Å². The lowest BCUT2D eigenvalue weighted by atomic mass is 10.1. The Kier molecular flexibility index (Phi) is 7.39. The van der Waals surface area contributed by atoms with Crippen LogP contribution in [0.5, 0.6) is 0 Å². The molecule has 0 bridgehead atoms. The molecule has 0 spiro atoms. The molecule has 1 aromatic rings. The van der Waals surface area contributed by atoms with Gasteiger partial charge in [0.15, 0.2) is 0 Å². The van der Waals surface area contributed by atoms with E-state index in [2.05, 4.69) is 33.8 Å². The zero-order valence-electron chi connectivity index (χ0n) is 13.2. The summed E-state index contributed by atoms with van der Waals surface area (Å²) in [7, 11) is 3.74. The Balaban J connectivity index is 0.00000220. The highest BCUT2D eigenvalue weighted by atomic mass is 35.5. The third kappa shape index (κ3) is 5.11. The molecule has 0 aromatic carbocycles. The van der Waals surface area contributed by atoms with Crippen molar-refractivity contribution in [2.45, 2.75) is 19.5 Å². The van der Waals surface area contributed by atoms with E-state index in [0.29, 0.717) is 18.6 Å². The molecule has 120 valence electrons. The number of likely N-dealkylation sites (tertiary alicyclic amines) is 1. The molecule has 1 saturated heterocycles.